The van der Waals surface area contributed by atoms with Crippen LogP contribution in [-0.4, -0.2) is 36.2 Å². The van der Waals surface area contributed by atoms with Crippen molar-refractivity contribution in [2.24, 2.45) is 0 Å². The lowest BCUT2D eigenvalue weighted by molar-refractivity contribution is 0.0976. The van der Waals surface area contributed by atoms with Gasteiger partial charge in [0.1, 0.15) is 5.69 Å². The monoisotopic (exact) mass is 381 g/mol. The van der Waals surface area contributed by atoms with Crippen molar-refractivity contribution in [2.45, 2.75) is 47.1 Å². The van der Waals surface area contributed by atoms with Gasteiger partial charge >= 0.3 is 6.09 Å². The van der Waals surface area contributed by atoms with Crippen molar-refractivity contribution in [3.05, 3.63) is 52.8 Å². The van der Waals surface area contributed by atoms with E-state index in [1.807, 2.05) is 52.0 Å². The maximum Gasteiger partial charge on any atom is 0.414 e. The molecule has 0 saturated carbocycles. The molecular weight excluding hydrogens is 354 g/mol. The molecule has 2 heterocycles. The molecule has 2 amide bonds. The fraction of sp³-hybridized carbons (Fsp3) is 0.409. The summed E-state index contributed by atoms with van der Waals surface area (Å²) in [6.45, 7) is 10.4. The van der Waals surface area contributed by atoms with Gasteiger partial charge in [-0.15, -0.1) is 0 Å². The number of rotatable bonds is 3. The maximum absolute atomic E-state index is 13.3. The molecule has 1 aromatic carbocycles. The first-order valence-electron chi connectivity index (χ1n) is 9.70. The molecule has 3 rings (SSSR count). The third-order valence-electron chi connectivity index (χ3n) is 5.19. The quantitative estimate of drug-likeness (QED) is 0.790. The average molecular weight is 381 g/mol. The van der Waals surface area contributed by atoms with Crippen LogP contribution in [0.5, 0.6) is 0 Å². The average Bonchev–Trinajstić information content (AvgIpc) is 2.67. The summed E-state index contributed by atoms with van der Waals surface area (Å²) in [5.74, 6) is -0.157. The molecule has 0 spiro atoms. The van der Waals surface area contributed by atoms with Crippen LogP contribution in [-0.2, 0) is 4.74 Å². The number of pyridine rings is 1. The van der Waals surface area contributed by atoms with Crippen LogP contribution < -0.4 is 9.80 Å². The lowest BCUT2D eigenvalue weighted by atomic mass is 10.00. The van der Waals surface area contributed by atoms with E-state index < -0.39 is 0 Å². The van der Waals surface area contributed by atoms with Crippen molar-refractivity contribution < 1.29 is 14.3 Å². The van der Waals surface area contributed by atoms with Crippen LogP contribution in [0.15, 0.2) is 30.3 Å². The van der Waals surface area contributed by atoms with Crippen LogP contribution in [0, 0.1) is 20.8 Å². The van der Waals surface area contributed by atoms with Crippen LogP contribution in [0.4, 0.5) is 16.2 Å². The number of aryl methyl sites for hydroxylation is 3. The minimum absolute atomic E-state index is 0.157. The molecule has 0 radical (unpaired) electrons. The Morgan fingerprint density at radius 1 is 1.11 bits per heavy atom. The van der Waals surface area contributed by atoms with E-state index >= 15 is 0 Å². The molecule has 1 atom stereocenters. The summed E-state index contributed by atoms with van der Waals surface area (Å²) >= 11 is 0. The smallest absolute Gasteiger partial charge is 0.414 e. The van der Waals surface area contributed by atoms with Crippen molar-refractivity contribution in [2.75, 3.05) is 23.0 Å². The molecule has 0 saturated heterocycles. The van der Waals surface area contributed by atoms with Gasteiger partial charge in [0.25, 0.3) is 5.91 Å². The number of hydrogen-bond donors (Lipinski definition) is 0. The van der Waals surface area contributed by atoms with Gasteiger partial charge in [-0.05, 0) is 69.5 Å². The number of anilines is 2. The highest BCUT2D eigenvalue weighted by Gasteiger charge is 2.38. The molecule has 28 heavy (non-hydrogen) atoms. The number of hydrogen-bond acceptors (Lipinski definition) is 4. The van der Waals surface area contributed by atoms with E-state index in [9.17, 15) is 9.59 Å². The van der Waals surface area contributed by atoms with Gasteiger partial charge in [0.15, 0.2) is 0 Å². The van der Waals surface area contributed by atoms with Gasteiger partial charge < -0.3 is 9.64 Å². The normalized spacial score (nSPS) is 16.0. The van der Waals surface area contributed by atoms with Crippen molar-refractivity contribution in [1.82, 2.24) is 4.98 Å². The van der Waals surface area contributed by atoms with Gasteiger partial charge in [-0.25, -0.2) is 9.78 Å². The van der Waals surface area contributed by atoms with E-state index in [-0.39, 0.29) is 18.0 Å². The van der Waals surface area contributed by atoms with Crippen molar-refractivity contribution in [3.63, 3.8) is 0 Å². The van der Waals surface area contributed by atoms with E-state index in [0.29, 0.717) is 36.6 Å². The van der Waals surface area contributed by atoms with Crippen LogP contribution in [0.3, 0.4) is 0 Å². The third-order valence-corrected chi connectivity index (χ3v) is 5.19. The molecule has 6 heteroatoms. The van der Waals surface area contributed by atoms with Crippen LogP contribution in [0.25, 0.3) is 0 Å². The molecular formula is C22H27N3O3. The van der Waals surface area contributed by atoms with Crippen LogP contribution in [0.1, 0.15) is 47.6 Å². The minimum Gasteiger partial charge on any atom is -0.449 e. The molecule has 1 aromatic heterocycles. The Balaban J connectivity index is 2.13. The number of aromatic nitrogens is 1. The van der Waals surface area contributed by atoms with Crippen molar-refractivity contribution >= 4 is 23.4 Å². The summed E-state index contributed by atoms with van der Waals surface area (Å²) in [7, 11) is 0. The van der Waals surface area contributed by atoms with Gasteiger partial charge in [0, 0.05) is 12.2 Å². The van der Waals surface area contributed by atoms with E-state index in [4.69, 9.17) is 4.74 Å². The molecule has 0 bridgehead atoms. The molecule has 0 N–H and O–H groups in total. The summed E-state index contributed by atoms with van der Waals surface area (Å²) in [4.78, 5) is 33.8. The summed E-state index contributed by atoms with van der Waals surface area (Å²) in [5, 5.41) is 0. The van der Waals surface area contributed by atoms with E-state index in [1.165, 1.54) is 0 Å². The molecule has 0 fully saturated rings. The first kappa shape index (κ1) is 19.9. The summed E-state index contributed by atoms with van der Waals surface area (Å²) in [5.41, 5.74) is 4.75. The van der Waals surface area contributed by atoms with Crippen LogP contribution in [0.2, 0.25) is 0 Å². The largest absolute Gasteiger partial charge is 0.449 e. The van der Waals surface area contributed by atoms with E-state index in [2.05, 4.69) is 4.98 Å². The fourth-order valence-corrected chi connectivity index (χ4v) is 3.53. The Kier molecular flexibility index (Phi) is 5.68. The zero-order valence-electron chi connectivity index (χ0n) is 17.2. The number of benzene rings is 1. The molecule has 1 aliphatic heterocycles. The number of amides is 2. The number of carbonyl (C=O) groups is 2. The zero-order chi connectivity index (χ0) is 20.4. The van der Waals surface area contributed by atoms with Crippen LogP contribution >= 0.6 is 0 Å². The highest BCUT2D eigenvalue weighted by molar-refractivity contribution is 6.09. The fourth-order valence-electron chi connectivity index (χ4n) is 3.53. The van der Waals surface area contributed by atoms with Gasteiger partial charge in [-0.2, -0.15) is 0 Å². The van der Waals surface area contributed by atoms with Crippen molar-refractivity contribution in [3.8, 4) is 0 Å². The second kappa shape index (κ2) is 8.00. The Bertz CT molecular complexity index is 910. The minimum atomic E-state index is -0.375. The lowest BCUT2D eigenvalue weighted by Gasteiger charge is -2.42. The predicted molar refractivity (Wildman–Crippen MR) is 110 cm³/mol. The second-order valence-electron chi connectivity index (χ2n) is 7.14. The SMILES string of the molecule is CCOC(=O)N1c2cc(C)c(C)cc2N(C(=O)c2cccc(C)n2)CC1CC. The maximum atomic E-state index is 13.3. The molecule has 1 aliphatic rings. The van der Waals surface area contributed by atoms with Gasteiger partial charge in [-0.1, -0.05) is 13.0 Å². The van der Waals surface area contributed by atoms with Gasteiger partial charge in [0.05, 0.1) is 24.0 Å². The summed E-state index contributed by atoms with van der Waals surface area (Å²) in [6, 6.07) is 9.20. The van der Waals surface area contributed by atoms with Gasteiger partial charge in [0.2, 0.25) is 0 Å². The summed E-state index contributed by atoms with van der Waals surface area (Å²) in [6.07, 6.45) is 0.329. The topological polar surface area (TPSA) is 62.7 Å². The molecule has 2 aromatic rings. The van der Waals surface area contributed by atoms with Crippen molar-refractivity contribution in [1.29, 1.82) is 0 Å². The molecule has 6 nitrogen and oxygen atoms in total. The zero-order valence-corrected chi connectivity index (χ0v) is 17.2. The summed E-state index contributed by atoms with van der Waals surface area (Å²) < 4.78 is 5.31. The standard InChI is InChI=1S/C22H27N3O3/c1-6-17-13-24(21(26)18-10-8-9-16(5)23-18)19-11-14(3)15(4)12-20(19)25(17)22(27)28-7-2/h8-12,17H,6-7,13H2,1-5H3. The Hall–Kier alpha value is -2.89. The first-order valence-corrected chi connectivity index (χ1v) is 9.70. The highest BCUT2D eigenvalue weighted by atomic mass is 16.6. The Morgan fingerprint density at radius 2 is 1.79 bits per heavy atom. The molecule has 148 valence electrons. The Morgan fingerprint density at radius 3 is 2.39 bits per heavy atom. The van der Waals surface area contributed by atoms with E-state index in [0.717, 1.165) is 16.8 Å². The number of carbonyl (C=O) groups excluding carboxylic acids is 2. The lowest BCUT2D eigenvalue weighted by Crippen LogP contribution is -2.53. The van der Waals surface area contributed by atoms with Gasteiger partial charge in [-0.3, -0.25) is 9.69 Å². The highest BCUT2D eigenvalue weighted by Crippen LogP contribution is 2.39. The number of fused-ring (bicyclic) bond motifs is 1. The number of nitrogens with zero attached hydrogens (tertiary/aromatic N) is 3. The Labute approximate surface area is 166 Å². The molecule has 0 aliphatic carbocycles. The number of ether oxygens (including phenoxy) is 1. The van der Waals surface area contributed by atoms with E-state index in [1.54, 1.807) is 22.8 Å². The second-order valence-corrected chi connectivity index (χ2v) is 7.14. The predicted octanol–water partition coefficient (Wildman–Crippen LogP) is 4.41. The first-order chi connectivity index (χ1) is 13.4. The third kappa shape index (κ3) is 3.59. The molecule has 1 unspecified atom stereocenters.